The van der Waals surface area contributed by atoms with Crippen molar-refractivity contribution in [3.05, 3.63) is 76.0 Å². The second-order valence-corrected chi connectivity index (χ2v) is 9.25. The number of halogens is 1. The topological polar surface area (TPSA) is 69.0 Å². The van der Waals surface area contributed by atoms with E-state index < -0.39 is 0 Å². The Labute approximate surface area is 199 Å². The van der Waals surface area contributed by atoms with E-state index in [-0.39, 0.29) is 11.7 Å². The first-order valence-corrected chi connectivity index (χ1v) is 11.9. The van der Waals surface area contributed by atoms with Crippen LogP contribution < -0.4 is 10.1 Å². The van der Waals surface area contributed by atoms with E-state index in [4.69, 9.17) is 4.74 Å². The zero-order valence-corrected chi connectivity index (χ0v) is 20.5. The molecule has 1 amide bonds. The summed E-state index contributed by atoms with van der Waals surface area (Å²) in [6, 6.07) is 18.0. The maximum absolute atomic E-state index is 12.3. The molecule has 0 radical (unpaired) electrons. The Morgan fingerprint density at radius 2 is 1.94 bits per heavy atom. The van der Waals surface area contributed by atoms with Crippen LogP contribution >= 0.6 is 27.7 Å². The van der Waals surface area contributed by atoms with Crippen LogP contribution in [0.2, 0.25) is 0 Å². The van der Waals surface area contributed by atoms with Crippen LogP contribution in [-0.2, 0) is 18.4 Å². The number of fused-ring (bicyclic) bond motifs is 1. The fourth-order valence-electron chi connectivity index (χ4n) is 3.35. The predicted octanol–water partition coefficient (Wildman–Crippen LogP) is 5.66. The van der Waals surface area contributed by atoms with Gasteiger partial charge in [-0.05, 0) is 60.0 Å². The fourth-order valence-corrected chi connectivity index (χ4v) is 4.33. The first kappa shape index (κ1) is 22.4. The highest BCUT2D eigenvalue weighted by atomic mass is 79.9. The molecule has 8 heteroatoms. The first-order chi connectivity index (χ1) is 15.4. The first-order valence-electron chi connectivity index (χ1n) is 10.1. The van der Waals surface area contributed by atoms with E-state index >= 15 is 0 Å². The van der Waals surface area contributed by atoms with Crippen LogP contribution in [0.4, 0.5) is 5.69 Å². The summed E-state index contributed by atoms with van der Waals surface area (Å²) in [5.74, 6) is 1.67. The standard InChI is InChI=1S/C24H23BrN4O2S/c1-15-12-18(9-10-20(15)25)26-23(30)14-32-24-28-27-22(29(24)3)13-31-21-11-8-17-6-4-5-7-19(17)16(21)2/h4-12H,13-14H2,1-3H3,(H,26,30). The van der Waals surface area contributed by atoms with Gasteiger partial charge >= 0.3 is 0 Å². The summed E-state index contributed by atoms with van der Waals surface area (Å²) in [5, 5.41) is 14.4. The molecule has 3 aromatic carbocycles. The average molecular weight is 511 g/mol. The van der Waals surface area contributed by atoms with Crippen molar-refractivity contribution in [1.82, 2.24) is 14.8 Å². The van der Waals surface area contributed by atoms with Crippen LogP contribution in [0.1, 0.15) is 17.0 Å². The van der Waals surface area contributed by atoms with E-state index in [1.54, 1.807) is 0 Å². The summed E-state index contributed by atoms with van der Waals surface area (Å²) in [5.41, 5.74) is 2.93. The van der Waals surface area contributed by atoms with Gasteiger partial charge in [-0.2, -0.15) is 0 Å². The third-order valence-electron chi connectivity index (χ3n) is 5.20. The Kier molecular flexibility index (Phi) is 6.81. The molecule has 0 aliphatic heterocycles. The summed E-state index contributed by atoms with van der Waals surface area (Å²) in [4.78, 5) is 12.3. The number of nitrogens with one attached hydrogen (secondary N) is 1. The molecule has 0 atom stereocenters. The number of carbonyl (C=O) groups is 1. The van der Waals surface area contributed by atoms with Gasteiger partial charge < -0.3 is 14.6 Å². The molecule has 0 aliphatic rings. The number of benzene rings is 3. The summed E-state index contributed by atoms with van der Waals surface area (Å²) in [6.45, 7) is 4.34. The van der Waals surface area contributed by atoms with Crippen molar-refractivity contribution < 1.29 is 9.53 Å². The van der Waals surface area contributed by atoms with Crippen LogP contribution in [0.25, 0.3) is 10.8 Å². The second kappa shape index (κ2) is 9.75. The van der Waals surface area contributed by atoms with Crippen molar-refractivity contribution in [2.24, 2.45) is 7.05 Å². The molecule has 0 fully saturated rings. The number of hydrogen-bond acceptors (Lipinski definition) is 5. The van der Waals surface area contributed by atoms with Gasteiger partial charge in [0.15, 0.2) is 11.0 Å². The lowest BCUT2D eigenvalue weighted by Gasteiger charge is -2.11. The largest absolute Gasteiger partial charge is 0.485 e. The number of amides is 1. The van der Waals surface area contributed by atoms with Crippen molar-refractivity contribution in [3.63, 3.8) is 0 Å². The number of ether oxygens (including phenoxy) is 1. The summed E-state index contributed by atoms with van der Waals surface area (Å²) >= 11 is 4.81. The van der Waals surface area contributed by atoms with Crippen molar-refractivity contribution in [1.29, 1.82) is 0 Å². The molecule has 0 unspecified atom stereocenters. The van der Waals surface area contributed by atoms with Crippen LogP contribution in [0.5, 0.6) is 5.75 Å². The number of aryl methyl sites for hydroxylation is 2. The summed E-state index contributed by atoms with van der Waals surface area (Å²) < 4.78 is 8.91. The van der Waals surface area contributed by atoms with Gasteiger partial charge in [-0.3, -0.25) is 4.79 Å². The second-order valence-electron chi connectivity index (χ2n) is 7.46. The Bertz CT molecular complexity index is 1290. The third-order valence-corrected chi connectivity index (χ3v) is 7.11. The predicted molar refractivity (Wildman–Crippen MR) is 132 cm³/mol. The molecular weight excluding hydrogens is 488 g/mol. The number of rotatable bonds is 7. The van der Waals surface area contributed by atoms with Gasteiger partial charge in [-0.15, -0.1) is 10.2 Å². The lowest BCUT2D eigenvalue weighted by molar-refractivity contribution is -0.113. The zero-order chi connectivity index (χ0) is 22.7. The van der Waals surface area contributed by atoms with Crippen LogP contribution in [0.15, 0.2) is 64.2 Å². The maximum atomic E-state index is 12.3. The number of hydrogen-bond donors (Lipinski definition) is 1. The van der Waals surface area contributed by atoms with Gasteiger partial charge in [-0.25, -0.2) is 0 Å². The van der Waals surface area contributed by atoms with Crippen molar-refractivity contribution in [2.75, 3.05) is 11.1 Å². The molecular formula is C24H23BrN4O2S. The number of thioether (sulfide) groups is 1. The average Bonchev–Trinajstić information content (AvgIpc) is 3.14. The van der Waals surface area contributed by atoms with E-state index in [0.717, 1.165) is 27.0 Å². The zero-order valence-electron chi connectivity index (χ0n) is 18.1. The highest BCUT2D eigenvalue weighted by Crippen LogP contribution is 2.28. The normalized spacial score (nSPS) is 11.0. The molecule has 0 saturated carbocycles. The molecule has 0 saturated heterocycles. The molecule has 6 nitrogen and oxygen atoms in total. The van der Waals surface area contributed by atoms with E-state index in [0.29, 0.717) is 17.6 Å². The number of nitrogens with zero attached hydrogens (tertiary/aromatic N) is 3. The molecule has 0 bridgehead atoms. The minimum atomic E-state index is -0.0932. The summed E-state index contributed by atoms with van der Waals surface area (Å²) in [6.07, 6.45) is 0. The van der Waals surface area contributed by atoms with E-state index in [1.807, 2.05) is 54.9 Å². The Morgan fingerprint density at radius 3 is 2.75 bits per heavy atom. The van der Waals surface area contributed by atoms with Gasteiger partial charge in [0.25, 0.3) is 0 Å². The van der Waals surface area contributed by atoms with Gasteiger partial charge in [0, 0.05) is 17.2 Å². The van der Waals surface area contributed by atoms with Crippen molar-refractivity contribution >= 4 is 50.1 Å². The highest BCUT2D eigenvalue weighted by molar-refractivity contribution is 9.10. The molecule has 4 aromatic rings. The molecule has 1 N–H and O–H groups in total. The SMILES string of the molecule is Cc1cc(NC(=O)CSc2nnc(COc3ccc4ccccc4c3C)n2C)ccc1Br. The Balaban J connectivity index is 1.35. The van der Waals surface area contributed by atoms with Gasteiger partial charge in [0.2, 0.25) is 5.91 Å². The lowest BCUT2D eigenvalue weighted by Crippen LogP contribution is -2.14. The molecule has 164 valence electrons. The molecule has 32 heavy (non-hydrogen) atoms. The Hall–Kier alpha value is -2.84. The van der Waals surface area contributed by atoms with Crippen molar-refractivity contribution in [3.8, 4) is 5.75 Å². The van der Waals surface area contributed by atoms with E-state index in [9.17, 15) is 4.79 Å². The van der Waals surface area contributed by atoms with Gasteiger partial charge in [-0.1, -0.05) is 58.0 Å². The number of anilines is 1. The van der Waals surface area contributed by atoms with Crippen LogP contribution in [-0.4, -0.2) is 26.4 Å². The minimum absolute atomic E-state index is 0.0932. The fraction of sp³-hybridized carbons (Fsp3) is 0.208. The molecule has 1 heterocycles. The van der Waals surface area contributed by atoms with Gasteiger partial charge in [0.1, 0.15) is 12.4 Å². The van der Waals surface area contributed by atoms with Crippen molar-refractivity contribution in [2.45, 2.75) is 25.6 Å². The smallest absolute Gasteiger partial charge is 0.234 e. The number of carbonyl (C=O) groups excluding carboxylic acids is 1. The summed E-state index contributed by atoms with van der Waals surface area (Å²) in [7, 11) is 1.88. The molecule has 0 spiro atoms. The maximum Gasteiger partial charge on any atom is 0.234 e. The minimum Gasteiger partial charge on any atom is -0.485 e. The third kappa shape index (κ3) is 4.97. The van der Waals surface area contributed by atoms with Crippen LogP contribution in [0, 0.1) is 13.8 Å². The van der Waals surface area contributed by atoms with E-state index in [1.165, 1.54) is 22.5 Å². The monoisotopic (exact) mass is 510 g/mol. The molecule has 0 aliphatic carbocycles. The number of aromatic nitrogens is 3. The Morgan fingerprint density at radius 1 is 1.12 bits per heavy atom. The van der Waals surface area contributed by atoms with Crippen LogP contribution in [0.3, 0.4) is 0 Å². The highest BCUT2D eigenvalue weighted by Gasteiger charge is 2.13. The molecule has 1 aromatic heterocycles. The molecule has 4 rings (SSSR count). The quantitative estimate of drug-likeness (QED) is 0.325. The van der Waals surface area contributed by atoms with Gasteiger partial charge in [0.05, 0.1) is 5.75 Å². The van der Waals surface area contributed by atoms with E-state index in [2.05, 4.69) is 56.6 Å². The lowest BCUT2D eigenvalue weighted by atomic mass is 10.0.